The zero-order valence-corrected chi connectivity index (χ0v) is 21.7. The lowest BCUT2D eigenvalue weighted by Crippen LogP contribution is -2.31. The fourth-order valence-electron chi connectivity index (χ4n) is 5.62. The van der Waals surface area contributed by atoms with E-state index in [9.17, 15) is 4.79 Å². The quantitative estimate of drug-likeness (QED) is 0.371. The molecule has 1 saturated heterocycles. The zero-order chi connectivity index (χ0) is 25.1. The van der Waals surface area contributed by atoms with Gasteiger partial charge in [-0.1, -0.05) is 23.7 Å². The van der Waals surface area contributed by atoms with Gasteiger partial charge in [0.25, 0.3) is 5.91 Å². The monoisotopic (exact) mass is 504 g/mol. The number of anilines is 1. The lowest BCUT2D eigenvalue weighted by molar-refractivity contribution is 0.0824. The number of hydrogen-bond acceptors (Lipinski definition) is 5. The molecule has 8 nitrogen and oxygen atoms in total. The number of aryl methyl sites for hydroxylation is 2. The van der Waals surface area contributed by atoms with Crippen LogP contribution >= 0.6 is 11.6 Å². The van der Waals surface area contributed by atoms with Crippen LogP contribution in [0.4, 0.5) is 5.69 Å². The fourth-order valence-corrected chi connectivity index (χ4v) is 5.75. The predicted octanol–water partition coefficient (Wildman–Crippen LogP) is 5.42. The van der Waals surface area contributed by atoms with Crippen LogP contribution in [0.2, 0.25) is 5.02 Å². The second-order valence-corrected chi connectivity index (χ2v) is 10.4. The smallest absolute Gasteiger partial charge is 0.279 e. The van der Waals surface area contributed by atoms with E-state index in [1.165, 1.54) is 0 Å². The van der Waals surface area contributed by atoms with Gasteiger partial charge in [0.05, 0.1) is 11.4 Å². The number of ether oxygens (including phenoxy) is 1. The van der Waals surface area contributed by atoms with Crippen molar-refractivity contribution in [2.75, 3.05) is 18.1 Å². The Morgan fingerprint density at radius 1 is 1.08 bits per heavy atom. The first-order chi connectivity index (χ1) is 17.3. The first-order valence-electron chi connectivity index (χ1n) is 12.5. The Morgan fingerprint density at radius 2 is 1.81 bits per heavy atom. The molecule has 9 heteroatoms. The molecule has 36 heavy (non-hydrogen) atoms. The van der Waals surface area contributed by atoms with Crippen LogP contribution in [0.15, 0.2) is 36.5 Å². The molecule has 2 aliphatic rings. The molecule has 1 fully saturated rings. The first kappa shape index (κ1) is 23.2. The molecule has 186 valence electrons. The van der Waals surface area contributed by atoms with Crippen LogP contribution in [0.25, 0.3) is 5.65 Å². The van der Waals surface area contributed by atoms with Crippen LogP contribution in [-0.4, -0.2) is 43.3 Å². The number of hydrogen-bond donors (Lipinski definition) is 0. The number of rotatable bonds is 4. The molecule has 6 rings (SSSR count). The maximum Gasteiger partial charge on any atom is 0.279 e. The molecule has 2 aliphatic heterocycles. The molecule has 1 aromatic carbocycles. The molecule has 0 aliphatic carbocycles. The van der Waals surface area contributed by atoms with Gasteiger partial charge in [-0.15, -0.1) is 10.2 Å². The highest BCUT2D eigenvalue weighted by molar-refractivity contribution is 6.30. The second-order valence-electron chi connectivity index (χ2n) is 10.0. The molecule has 0 unspecified atom stereocenters. The topological polar surface area (TPSA) is 77.6 Å². The Kier molecular flexibility index (Phi) is 5.61. The third kappa shape index (κ3) is 3.54. The summed E-state index contributed by atoms with van der Waals surface area (Å²) in [7, 11) is 0. The summed E-state index contributed by atoms with van der Waals surface area (Å²) in [5.74, 6) is 1.94. The Balaban J connectivity index is 1.57. The van der Waals surface area contributed by atoms with Crippen LogP contribution in [0.5, 0.6) is 0 Å². The number of imidazole rings is 1. The predicted molar refractivity (Wildman–Crippen MR) is 138 cm³/mol. The second kappa shape index (κ2) is 8.71. The van der Waals surface area contributed by atoms with Crippen molar-refractivity contribution >= 4 is 28.8 Å². The van der Waals surface area contributed by atoms with Gasteiger partial charge in [0.15, 0.2) is 11.3 Å². The van der Waals surface area contributed by atoms with Crippen LogP contribution in [0.1, 0.15) is 83.6 Å². The van der Waals surface area contributed by atoms with Gasteiger partial charge in [0.1, 0.15) is 17.7 Å². The van der Waals surface area contributed by atoms with Gasteiger partial charge in [-0.3, -0.25) is 14.1 Å². The lowest BCUT2D eigenvalue weighted by atomic mass is 9.98. The molecule has 1 atom stereocenters. The first-order valence-corrected chi connectivity index (χ1v) is 12.8. The van der Waals surface area contributed by atoms with E-state index in [2.05, 4.69) is 28.6 Å². The Hall–Kier alpha value is -3.23. The van der Waals surface area contributed by atoms with Crippen LogP contribution < -0.4 is 4.90 Å². The summed E-state index contributed by atoms with van der Waals surface area (Å²) in [5.41, 5.74) is 4.99. The highest BCUT2D eigenvalue weighted by Gasteiger charge is 2.45. The molecular weight excluding hydrogens is 476 g/mol. The van der Waals surface area contributed by atoms with E-state index in [4.69, 9.17) is 21.3 Å². The van der Waals surface area contributed by atoms with E-state index in [1.54, 1.807) is 0 Å². The average Bonchev–Trinajstić information content (AvgIpc) is 3.52. The minimum Gasteiger partial charge on any atom is -0.381 e. The maximum atomic E-state index is 14.1. The molecule has 0 saturated carbocycles. The highest BCUT2D eigenvalue weighted by Crippen LogP contribution is 2.45. The normalized spacial score (nSPS) is 18.6. The number of fused-ring (bicyclic) bond motifs is 2. The molecule has 1 amide bonds. The lowest BCUT2D eigenvalue weighted by Gasteiger charge is -2.30. The van der Waals surface area contributed by atoms with E-state index < -0.39 is 0 Å². The van der Waals surface area contributed by atoms with E-state index in [0.717, 1.165) is 65.9 Å². The number of carbonyl (C=O) groups is 1. The van der Waals surface area contributed by atoms with Crippen LogP contribution in [-0.2, 0) is 4.74 Å². The molecular formula is C27H29ClN6O2. The number of nitrogens with zero attached hydrogens (tertiary/aromatic N) is 6. The fraction of sp³-hybridized carbons (Fsp3) is 0.407. The molecule has 0 N–H and O–H groups in total. The van der Waals surface area contributed by atoms with E-state index in [-0.39, 0.29) is 23.9 Å². The van der Waals surface area contributed by atoms with Crippen molar-refractivity contribution in [3.8, 4) is 0 Å². The Morgan fingerprint density at radius 3 is 2.50 bits per heavy atom. The molecule has 0 spiro atoms. The van der Waals surface area contributed by atoms with Crippen molar-refractivity contribution in [1.82, 2.24) is 24.1 Å². The summed E-state index contributed by atoms with van der Waals surface area (Å²) in [5, 5.41) is 9.18. The van der Waals surface area contributed by atoms with Crippen molar-refractivity contribution in [2.45, 2.75) is 58.5 Å². The molecule has 3 aromatic heterocycles. The Labute approximate surface area is 214 Å². The number of carbonyl (C=O) groups excluding carboxylic acids is 1. The van der Waals surface area contributed by atoms with Crippen molar-refractivity contribution in [3.05, 3.63) is 75.7 Å². The van der Waals surface area contributed by atoms with E-state index in [0.29, 0.717) is 10.7 Å². The molecule has 4 aromatic rings. The van der Waals surface area contributed by atoms with Gasteiger partial charge in [0.2, 0.25) is 0 Å². The SMILES string of the molecule is Cc1cc(N2C(=O)c3nc(C4CCOCC4)n(C(C)C)c3[C@@H]2c2ccc(Cl)cc2)cn2c(C)nnc12. The summed E-state index contributed by atoms with van der Waals surface area (Å²) in [6.45, 7) is 9.67. The average molecular weight is 505 g/mol. The zero-order valence-electron chi connectivity index (χ0n) is 20.9. The van der Waals surface area contributed by atoms with E-state index in [1.807, 2.05) is 59.7 Å². The summed E-state index contributed by atoms with van der Waals surface area (Å²) >= 11 is 6.25. The summed E-state index contributed by atoms with van der Waals surface area (Å²) in [4.78, 5) is 21.0. The molecule has 0 radical (unpaired) electrons. The van der Waals surface area contributed by atoms with Gasteiger partial charge in [-0.2, -0.15) is 0 Å². The third-order valence-corrected chi connectivity index (χ3v) is 7.58. The number of halogens is 1. The van der Waals surface area contributed by atoms with Crippen LogP contribution in [0.3, 0.4) is 0 Å². The van der Waals surface area contributed by atoms with Crippen molar-refractivity contribution in [1.29, 1.82) is 0 Å². The number of pyridine rings is 1. The van der Waals surface area contributed by atoms with Crippen molar-refractivity contribution < 1.29 is 9.53 Å². The third-order valence-electron chi connectivity index (χ3n) is 7.33. The van der Waals surface area contributed by atoms with Crippen molar-refractivity contribution in [2.24, 2.45) is 0 Å². The van der Waals surface area contributed by atoms with Gasteiger partial charge < -0.3 is 9.30 Å². The number of aromatic nitrogens is 5. The molecule has 0 bridgehead atoms. The van der Waals surface area contributed by atoms with Gasteiger partial charge in [-0.05, 0) is 69.9 Å². The van der Waals surface area contributed by atoms with Crippen molar-refractivity contribution in [3.63, 3.8) is 0 Å². The largest absolute Gasteiger partial charge is 0.381 e. The minimum atomic E-state index is -0.332. The van der Waals surface area contributed by atoms with Gasteiger partial charge in [0, 0.05) is 36.4 Å². The van der Waals surface area contributed by atoms with Gasteiger partial charge in [-0.25, -0.2) is 4.98 Å². The van der Waals surface area contributed by atoms with Crippen LogP contribution in [0, 0.1) is 13.8 Å². The minimum absolute atomic E-state index is 0.0952. The number of amides is 1. The van der Waals surface area contributed by atoms with Gasteiger partial charge >= 0.3 is 0 Å². The van der Waals surface area contributed by atoms with E-state index >= 15 is 0 Å². The molecule has 5 heterocycles. The summed E-state index contributed by atoms with van der Waals surface area (Å²) in [6.07, 6.45) is 3.77. The maximum absolute atomic E-state index is 14.1. The number of benzene rings is 1. The summed E-state index contributed by atoms with van der Waals surface area (Å²) < 4.78 is 9.84. The standard InChI is InChI=1S/C27H29ClN6O2/c1-15(2)33-24-22(29-26(33)19-9-11-36-12-10-19)27(35)34(23(24)18-5-7-20(28)8-6-18)21-13-16(3)25-31-30-17(4)32(25)14-21/h5-8,13-15,19,23H,9-12H2,1-4H3/t23-/m0/s1. The Bertz CT molecular complexity index is 1470. The summed E-state index contributed by atoms with van der Waals surface area (Å²) in [6, 6.07) is 9.59. The highest BCUT2D eigenvalue weighted by atomic mass is 35.5.